The molecule has 1 fully saturated rings. The topological polar surface area (TPSA) is 53.5 Å². The van der Waals surface area contributed by atoms with Crippen molar-refractivity contribution < 1.29 is 8.42 Å². The van der Waals surface area contributed by atoms with Crippen molar-refractivity contribution in [3.8, 4) is 0 Å². The normalized spacial score (nSPS) is 16.6. The van der Waals surface area contributed by atoms with Gasteiger partial charge in [0.25, 0.3) is 0 Å². The van der Waals surface area contributed by atoms with Crippen LogP contribution in [0.15, 0.2) is 76.4 Å². The number of pyridine rings is 1. The van der Waals surface area contributed by atoms with E-state index in [0.717, 1.165) is 40.4 Å². The molecule has 0 N–H and O–H groups in total. The van der Waals surface area contributed by atoms with Gasteiger partial charge in [0.15, 0.2) is 0 Å². The third-order valence-electron chi connectivity index (χ3n) is 5.13. The lowest BCUT2D eigenvalue weighted by molar-refractivity contribution is 0.204. The number of hydrogen-bond donors (Lipinski definition) is 0. The molecular weight excluding hydrogens is 450 g/mol. The molecule has 2 heterocycles. The molecule has 7 heteroatoms. The van der Waals surface area contributed by atoms with Crippen LogP contribution in [-0.4, -0.2) is 55.3 Å². The first kappa shape index (κ1) is 20.2. The van der Waals surface area contributed by atoms with Crippen molar-refractivity contribution in [2.75, 3.05) is 32.7 Å². The zero-order valence-corrected chi connectivity index (χ0v) is 18.3. The number of hydrogen-bond acceptors (Lipinski definition) is 4. The molecule has 4 rings (SSSR count). The molecule has 150 valence electrons. The monoisotopic (exact) mass is 471 g/mol. The van der Waals surface area contributed by atoms with E-state index in [-0.39, 0.29) is 0 Å². The smallest absolute Gasteiger partial charge is 0.243 e. The summed E-state index contributed by atoms with van der Waals surface area (Å²) in [5.41, 5.74) is 1.15. The predicted octanol–water partition coefficient (Wildman–Crippen LogP) is 4.02. The van der Waals surface area contributed by atoms with Crippen LogP contribution in [0.25, 0.3) is 16.8 Å². The first-order valence-electron chi connectivity index (χ1n) is 9.51. The molecule has 1 aromatic heterocycles. The maximum Gasteiger partial charge on any atom is 0.243 e. The van der Waals surface area contributed by atoms with Gasteiger partial charge in [-0.15, -0.1) is 0 Å². The van der Waals surface area contributed by atoms with Gasteiger partial charge in [-0.3, -0.25) is 9.88 Å². The van der Waals surface area contributed by atoms with E-state index in [0.29, 0.717) is 18.0 Å². The quantitative estimate of drug-likeness (QED) is 0.563. The molecule has 0 radical (unpaired) electrons. The maximum atomic E-state index is 13.2. The number of piperazine rings is 1. The molecule has 0 saturated carbocycles. The van der Waals surface area contributed by atoms with Crippen LogP contribution in [0.2, 0.25) is 0 Å². The highest BCUT2D eigenvalue weighted by Gasteiger charge is 2.29. The molecule has 0 spiro atoms. The minimum atomic E-state index is -3.52. The molecule has 0 bridgehead atoms. The van der Waals surface area contributed by atoms with Crippen molar-refractivity contribution in [3.63, 3.8) is 0 Å². The van der Waals surface area contributed by atoms with E-state index >= 15 is 0 Å². The fraction of sp³-hybridized carbons (Fsp3) is 0.227. The number of nitrogens with zero attached hydrogens (tertiary/aromatic N) is 3. The van der Waals surface area contributed by atoms with E-state index in [4.69, 9.17) is 0 Å². The Hall–Kier alpha value is -2.06. The van der Waals surface area contributed by atoms with Crippen molar-refractivity contribution in [3.05, 3.63) is 77.0 Å². The SMILES string of the molecule is O=S(=O)(c1cccc2cnccc12)N1CCN(C/C=C/c2ccc(Br)cc2)CC1. The fourth-order valence-corrected chi connectivity index (χ4v) is 5.42. The molecule has 3 aromatic rings. The molecule has 0 aliphatic carbocycles. The van der Waals surface area contributed by atoms with E-state index in [2.05, 4.69) is 50.1 Å². The number of fused-ring (bicyclic) bond motifs is 1. The standard InChI is InChI=1S/C22H22BrN3O2S/c23-20-8-6-18(7-9-20)3-2-12-25-13-15-26(16-14-25)29(27,28)22-5-1-4-19-17-24-11-10-21(19)22/h1-11,17H,12-16H2/b3-2+. The molecule has 0 atom stereocenters. The summed E-state index contributed by atoms with van der Waals surface area (Å²) in [6.45, 7) is 3.24. The van der Waals surface area contributed by atoms with Gasteiger partial charge in [0.2, 0.25) is 10.0 Å². The summed E-state index contributed by atoms with van der Waals surface area (Å²) in [5, 5.41) is 1.56. The number of aromatic nitrogens is 1. The highest BCUT2D eigenvalue weighted by molar-refractivity contribution is 9.10. The summed E-state index contributed by atoms with van der Waals surface area (Å²) >= 11 is 3.44. The Labute approximate surface area is 179 Å². The van der Waals surface area contributed by atoms with Gasteiger partial charge in [-0.2, -0.15) is 4.31 Å². The second-order valence-corrected chi connectivity index (χ2v) is 9.83. The van der Waals surface area contributed by atoms with Crippen molar-refractivity contribution in [1.82, 2.24) is 14.2 Å². The first-order chi connectivity index (χ1) is 14.0. The van der Waals surface area contributed by atoms with Crippen LogP contribution < -0.4 is 0 Å². The van der Waals surface area contributed by atoms with Gasteiger partial charge in [0.05, 0.1) is 4.90 Å². The Kier molecular flexibility index (Phi) is 6.10. The second kappa shape index (κ2) is 8.75. The first-order valence-corrected chi connectivity index (χ1v) is 11.7. The van der Waals surface area contributed by atoms with Crippen molar-refractivity contribution in [2.24, 2.45) is 0 Å². The Morgan fingerprint density at radius 1 is 1.00 bits per heavy atom. The number of rotatable bonds is 5. The van der Waals surface area contributed by atoms with Gasteiger partial charge in [-0.1, -0.05) is 52.3 Å². The minimum Gasteiger partial charge on any atom is -0.297 e. The van der Waals surface area contributed by atoms with E-state index in [9.17, 15) is 8.42 Å². The van der Waals surface area contributed by atoms with Crippen LogP contribution in [0.5, 0.6) is 0 Å². The number of benzene rings is 2. The van der Waals surface area contributed by atoms with Gasteiger partial charge in [-0.25, -0.2) is 8.42 Å². The van der Waals surface area contributed by atoms with E-state index < -0.39 is 10.0 Å². The van der Waals surface area contributed by atoms with Crippen LogP contribution in [0.1, 0.15) is 5.56 Å². The van der Waals surface area contributed by atoms with Crippen LogP contribution in [0, 0.1) is 0 Å². The molecule has 1 aliphatic rings. The highest BCUT2D eigenvalue weighted by atomic mass is 79.9. The van der Waals surface area contributed by atoms with Crippen molar-refractivity contribution >= 4 is 42.8 Å². The zero-order valence-electron chi connectivity index (χ0n) is 15.9. The van der Waals surface area contributed by atoms with Crippen LogP contribution >= 0.6 is 15.9 Å². The van der Waals surface area contributed by atoms with Crippen LogP contribution in [0.3, 0.4) is 0 Å². The van der Waals surface area contributed by atoms with Gasteiger partial charge >= 0.3 is 0 Å². The zero-order chi connectivity index (χ0) is 20.3. The minimum absolute atomic E-state index is 0.362. The average molecular weight is 472 g/mol. The van der Waals surface area contributed by atoms with Gasteiger partial charge in [0, 0.05) is 60.4 Å². The number of sulfonamides is 1. The van der Waals surface area contributed by atoms with Crippen LogP contribution in [-0.2, 0) is 10.0 Å². The molecule has 29 heavy (non-hydrogen) atoms. The Balaban J connectivity index is 1.40. The fourth-order valence-electron chi connectivity index (χ4n) is 3.52. The van der Waals surface area contributed by atoms with Gasteiger partial charge in [-0.05, 0) is 29.8 Å². The third-order valence-corrected chi connectivity index (χ3v) is 7.62. The lowest BCUT2D eigenvalue weighted by Gasteiger charge is -2.33. The van der Waals surface area contributed by atoms with E-state index in [1.165, 1.54) is 0 Å². The highest BCUT2D eigenvalue weighted by Crippen LogP contribution is 2.25. The van der Waals surface area contributed by atoms with Crippen LogP contribution in [0.4, 0.5) is 0 Å². The third kappa shape index (κ3) is 4.59. The van der Waals surface area contributed by atoms with Gasteiger partial charge < -0.3 is 0 Å². The largest absolute Gasteiger partial charge is 0.297 e. The van der Waals surface area contributed by atoms with Crippen molar-refractivity contribution in [2.45, 2.75) is 4.90 Å². The molecule has 2 aromatic carbocycles. The molecule has 1 aliphatic heterocycles. The Bertz CT molecular complexity index is 1120. The average Bonchev–Trinajstić information content (AvgIpc) is 2.75. The summed E-state index contributed by atoms with van der Waals surface area (Å²) in [6, 6.07) is 15.3. The molecule has 0 amide bonds. The molecular formula is C22H22BrN3O2S. The Morgan fingerprint density at radius 3 is 2.52 bits per heavy atom. The molecule has 5 nitrogen and oxygen atoms in total. The lowest BCUT2D eigenvalue weighted by atomic mass is 10.2. The summed E-state index contributed by atoms with van der Waals surface area (Å²) in [7, 11) is -3.52. The summed E-state index contributed by atoms with van der Waals surface area (Å²) in [4.78, 5) is 6.72. The molecule has 1 saturated heterocycles. The predicted molar refractivity (Wildman–Crippen MR) is 120 cm³/mol. The van der Waals surface area contributed by atoms with Crippen molar-refractivity contribution in [1.29, 1.82) is 0 Å². The second-order valence-electron chi connectivity index (χ2n) is 7.01. The summed E-state index contributed by atoms with van der Waals surface area (Å²) in [6.07, 6.45) is 7.56. The maximum absolute atomic E-state index is 13.2. The lowest BCUT2D eigenvalue weighted by Crippen LogP contribution is -2.48. The van der Waals surface area contributed by atoms with Gasteiger partial charge in [0.1, 0.15) is 0 Å². The Morgan fingerprint density at radius 2 is 1.76 bits per heavy atom. The van der Waals surface area contributed by atoms with E-state index in [1.807, 2.05) is 18.2 Å². The van der Waals surface area contributed by atoms with E-state index in [1.54, 1.807) is 34.9 Å². The summed E-state index contributed by atoms with van der Waals surface area (Å²) in [5.74, 6) is 0. The summed E-state index contributed by atoms with van der Waals surface area (Å²) < 4.78 is 29.1. The molecule has 0 unspecified atom stereocenters. The number of halogens is 1.